The van der Waals surface area contributed by atoms with Gasteiger partial charge in [0.1, 0.15) is 5.82 Å². The third kappa shape index (κ3) is 6.34. The van der Waals surface area contributed by atoms with Gasteiger partial charge in [0, 0.05) is 6.04 Å². The van der Waals surface area contributed by atoms with Crippen LogP contribution in [0.1, 0.15) is 45.1 Å². The highest BCUT2D eigenvalue weighted by Crippen LogP contribution is 2.33. The molecule has 2 aromatic carbocycles. The number of hydrogen-bond acceptors (Lipinski definition) is 4. The quantitative estimate of drug-likeness (QED) is 0.567. The molecule has 0 radical (unpaired) electrons. The van der Waals surface area contributed by atoms with Gasteiger partial charge in [-0.05, 0) is 74.8 Å². The monoisotopic (exact) mass is 470 g/mol. The van der Waals surface area contributed by atoms with Gasteiger partial charge in [-0.15, -0.1) is 0 Å². The molecule has 0 spiro atoms. The van der Waals surface area contributed by atoms with Gasteiger partial charge in [-0.25, -0.2) is 9.18 Å². The van der Waals surface area contributed by atoms with E-state index in [4.69, 9.17) is 9.47 Å². The predicted octanol–water partition coefficient (Wildman–Crippen LogP) is 4.20. The molecule has 2 amide bonds. The van der Waals surface area contributed by atoms with E-state index in [2.05, 4.69) is 34.9 Å². The molecule has 2 aromatic rings. The molecule has 184 valence electrons. The number of hydrogen-bond donors (Lipinski definition) is 3. The number of nitrogens with one attached hydrogen (secondary N) is 2. The van der Waals surface area contributed by atoms with Crippen LogP contribution in [0.3, 0.4) is 0 Å². The summed E-state index contributed by atoms with van der Waals surface area (Å²) in [4.78, 5) is 12.4. The first kappa shape index (κ1) is 24.6. The fraction of sp³-hybridized carbons (Fsp3) is 0.519. The number of aliphatic hydroxyl groups excluding tert-OH is 1. The Morgan fingerprint density at radius 2 is 1.71 bits per heavy atom. The van der Waals surface area contributed by atoms with E-state index in [0.29, 0.717) is 6.42 Å². The van der Waals surface area contributed by atoms with Crippen molar-refractivity contribution in [1.29, 1.82) is 0 Å². The van der Waals surface area contributed by atoms with Gasteiger partial charge >= 0.3 is 6.03 Å². The Labute approximate surface area is 200 Å². The molecule has 2 aliphatic rings. The molecule has 2 heterocycles. The number of benzene rings is 2. The zero-order valence-corrected chi connectivity index (χ0v) is 19.9. The van der Waals surface area contributed by atoms with Crippen molar-refractivity contribution in [3.63, 3.8) is 0 Å². The summed E-state index contributed by atoms with van der Waals surface area (Å²) in [5.41, 5.74) is 3.21. The second-order valence-corrected chi connectivity index (χ2v) is 9.63. The summed E-state index contributed by atoms with van der Waals surface area (Å²) in [6, 6.07) is 14.5. The van der Waals surface area contributed by atoms with Gasteiger partial charge in [0.15, 0.2) is 0 Å². The highest BCUT2D eigenvalue weighted by Gasteiger charge is 2.42. The van der Waals surface area contributed by atoms with Gasteiger partial charge in [0.2, 0.25) is 0 Å². The number of amides is 2. The molecule has 0 aliphatic carbocycles. The number of ether oxygens (including phenoxy) is 2. The van der Waals surface area contributed by atoms with Crippen molar-refractivity contribution < 1.29 is 23.8 Å². The molecular weight excluding hydrogens is 435 g/mol. The molecule has 2 aliphatic heterocycles. The van der Waals surface area contributed by atoms with Crippen molar-refractivity contribution in [2.45, 2.75) is 82.5 Å². The van der Waals surface area contributed by atoms with Gasteiger partial charge in [0.25, 0.3) is 0 Å². The van der Waals surface area contributed by atoms with E-state index in [1.165, 1.54) is 17.7 Å². The summed E-state index contributed by atoms with van der Waals surface area (Å²) in [5.74, 6) is -0.240. The normalized spacial score (nSPS) is 26.7. The lowest BCUT2D eigenvalue weighted by Gasteiger charge is -2.45. The Balaban J connectivity index is 1.40. The Bertz CT molecular complexity index is 935. The Morgan fingerprint density at radius 3 is 2.35 bits per heavy atom. The SMILES string of the molecule is CC(C)NC(=O)N[C@@H]1C[C@@H]2O[C@H](CO)CC[C@@H]2O[C@@H]1CCc1ccc(-c2ccc(F)cc2)cc1. The lowest BCUT2D eigenvalue weighted by molar-refractivity contribution is -0.201. The van der Waals surface area contributed by atoms with Crippen LogP contribution >= 0.6 is 0 Å². The summed E-state index contributed by atoms with van der Waals surface area (Å²) in [6.07, 6.45) is 3.47. The molecule has 2 fully saturated rings. The molecule has 0 saturated carbocycles. The van der Waals surface area contributed by atoms with Crippen LogP contribution in [0.4, 0.5) is 9.18 Å². The standard InChI is InChI=1S/C27H35FN2O4/c1-17(2)29-27(32)30-23-15-26-25(14-12-22(16-31)33-26)34-24(23)13-5-18-3-6-19(7-4-18)20-8-10-21(28)11-9-20/h3-4,6-11,17,22-26,31H,5,12-16H2,1-2H3,(H2,29,30,32)/t22-,23+,24+,25-,26-/m0/s1. The van der Waals surface area contributed by atoms with Gasteiger partial charge < -0.3 is 25.2 Å². The molecule has 3 N–H and O–H groups in total. The van der Waals surface area contributed by atoms with E-state index in [1.54, 1.807) is 12.1 Å². The molecule has 0 bridgehead atoms. The summed E-state index contributed by atoms with van der Waals surface area (Å²) < 4.78 is 25.7. The first-order valence-electron chi connectivity index (χ1n) is 12.2. The number of carbonyl (C=O) groups is 1. The van der Waals surface area contributed by atoms with E-state index >= 15 is 0 Å². The van der Waals surface area contributed by atoms with E-state index in [-0.39, 0.29) is 55.0 Å². The molecule has 4 rings (SSSR count). The average Bonchev–Trinajstić information content (AvgIpc) is 2.82. The largest absolute Gasteiger partial charge is 0.394 e. The minimum absolute atomic E-state index is 0.00644. The number of fused-ring (bicyclic) bond motifs is 1. The number of urea groups is 1. The van der Waals surface area contributed by atoms with E-state index in [1.807, 2.05) is 13.8 Å². The maximum Gasteiger partial charge on any atom is 0.315 e. The zero-order chi connectivity index (χ0) is 24.1. The summed E-state index contributed by atoms with van der Waals surface area (Å²) in [7, 11) is 0. The van der Waals surface area contributed by atoms with E-state index in [0.717, 1.165) is 36.8 Å². The highest BCUT2D eigenvalue weighted by molar-refractivity contribution is 5.74. The van der Waals surface area contributed by atoms with Crippen LogP contribution in [0.15, 0.2) is 48.5 Å². The van der Waals surface area contributed by atoms with Gasteiger partial charge in [-0.1, -0.05) is 36.4 Å². The molecule has 0 unspecified atom stereocenters. The first-order chi connectivity index (χ1) is 16.4. The van der Waals surface area contributed by atoms with E-state index in [9.17, 15) is 14.3 Å². The summed E-state index contributed by atoms with van der Waals surface area (Å²) >= 11 is 0. The number of aryl methyl sites for hydroxylation is 1. The van der Waals surface area contributed by atoms with Crippen molar-refractivity contribution in [2.75, 3.05) is 6.61 Å². The predicted molar refractivity (Wildman–Crippen MR) is 129 cm³/mol. The first-order valence-corrected chi connectivity index (χ1v) is 12.2. The van der Waals surface area contributed by atoms with Crippen LogP contribution in [-0.4, -0.2) is 54.2 Å². The third-order valence-corrected chi connectivity index (χ3v) is 6.63. The molecule has 0 aromatic heterocycles. The van der Waals surface area contributed by atoms with Crippen LogP contribution in [0, 0.1) is 5.82 Å². The topological polar surface area (TPSA) is 79.8 Å². The van der Waals surface area contributed by atoms with Crippen molar-refractivity contribution in [3.05, 3.63) is 59.9 Å². The van der Waals surface area contributed by atoms with E-state index < -0.39 is 0 Å². The number of aliphatic hydroxyl groups is 1. The van der Waals surface area contributed by atoms with Gasteiger partial charge in [-0.2, -0.15) is 0 Å². The van der Waals surface area contributed by atoms with Gasteiger partial charge in [0.05, 0.1) is 37.1 Å². The average molecular weight is 471 g/mol. The molecule has 2 saturated heterocycles. The maximum atomic E-state index is 13.2. The highest BCUT2D eigenvalue weighted by atomic mass is 19.1. The Kier molecular flexibility index (Phi) is 8.19. The lowest BCUT2D eigenvalue weighted by atomic mass is 9.88. The van der Waals surface area contributed by atoms with Crippen molar-refractivity contribution in [3.8, 4) is 11.1 Å². The van der Waals surface area contributed by atoms with Crippen molar-refractivity contribution >= 4 is 6.03 Å². The number of rotatable bonds is 7. The van der Waals surface area contributed by atoms with Crippen LogP contribution in [0.5, 0.6) is 0 Å². The number of halogens is 1. The fourth-order valence-corrected chi connectivity index (χ4v) is 4.87. The minimum atomic E-state index is -0.240. The molecule has 6 nitrogen and oxygen atoms in total. The third-order valence-electron chi connectivity index (χ3n) is 6.63. The molecule has 34 heavy (non-hydrogen) atoms. The second kappa shape index (κ2) is 11.3. The summed E-state index contributed by atoms with van der Waals surface area (Å²) in [6.45, 7) is 3.86. The molecule has 5 atom stereocenters. The van der Waals surface area contributed by atoms with Crippen LogP contribution < -0.4 is 10.6 Å². The summed E-state index contributed by atoms with van der Waals surface area (Å²) in [5, 5.41) is 15.5. The lowest BCUT2D eigenvalue weighted by Crippen LogP contribution is -2.59. The minimum Gasteiger partial charge on any atom is -0.394 e. The molecular formula is C27H35FN2O4. The van der Waals surface area contributed by atoms with Crippen LogP contribution in [0.25, 0.3) is 11.1 Å². The Morgan fingerprint density at radius 1 is 1.03 bits per heavy atom. The van der Waals surface area contributed by atoms with Crippen molar-refractivity contribution in [1.82, 2.24) is 10.6 Å². The van der Waals surface area contributed by atoms with Crippen molar-refractivity contribution in [2.24, 2.45) is 0 Å². The number of carbonyl (C=O) groups excluding carboxylic acids is 1. The maximum absolute atomic E-state index is 13.2. The Hall–Kier alpha value is -2.48. The molecule has 7 heteroatoms. The van der Waals surface area contributed by atoms with Gasteiger partial charge in [-0.3, -0.25) is 0 Å². The second-order valence-electron chi connectivity index (χ2n) is 9.63. The zero-order valence-electron chi connectivity index (χ0n) is 19.9. The smallest absolute Gasteiger partial charge is 0.315 e. The fourth-order valence-electron chi connectivity index (χ4n) is 4.87. The van der Waals surface area contributed by atoms with Crippen LogP contribution in [0.2, 0.25) is 0 Å². The van der Waals surface area contributed by atoms with Crippen LogP contribution in [-0.2, 0) is 15.9 Å².